The predicted molar refractivity (Wildman–Crippen MR) is 122 cm³/mol. The highest BCUT2D eigenvalue weighted by Gasteiger charge is 2.46. The normalized spacial score (nSPS) is 25.5. The van der Waals surface area contributed by atoms with E-state index in [2.05, 4.69) is 56.4 Å². The van der Waals surface area contributed by atoms with Gasteiger partial charge in [0.2, 0.25) is 11.8 Å². The van der Waals surface area contributed by atoms with Crippen LogP contribution >= 0.6 is 0 Å². The van der Waals surface area contributed by atoms with Crippen LogP contribution in [-0.2, 0) is 4.74 Å². The van der Waals surface area contributed by atoms with Gasteiger partial charge in [0.25, 0.3) is 0 Å². The fourth-order valence-corrected chi connectivity index (χ4v) is 4.80. The zero-order chi connectivity index (χ0) is 21.8. The topological polar surface area (TPSA) is 90.6 Å². The number of morpholine rings is 1. The van der Waals surface area contributed by atoms with Gasteiger partial charge in [0.05, 0.1) is 25.2 Å². The molecule has 0 spiro atoms. The molecule has 1 aliphatic carbocycles. The molecule has 1 atom stereocenters. The molecule has 4 rings (SSSR count). The third kappa shape index (κ3) is 4.95. The third-order valence-electron chi connectivity index (χ3n) is 6.51. The van der Waals surface area contributed by atoms with Gasteiger partial charge in [-0.25, -0.2) is 5.01 Å². The molecule has 1 aliphatic heterocycles. The van der Waals surface area contributed by atoms with E-state index in [1.165, 1.54) is 12.8 Å². The maximum Gasteiger partial charge on any atom is 0.228 e. The van der Waals surface area contributed by atoms with E-state index in [0.29, 0.717) is 24.5 Å². The van der Waals surface area contributed by atoms with Crippen molar-refractivity contribution in [3.05, 3.63) is 12.3 Å². The average Bonchev–Trinajstić information content (AvgIpc) is 3.22. The van der Waals surface area contributed by atoms with Gasteiger partial charge in [-0.05, 0) is 39.7 Å². The van der Waals surface area contributed by atoms with E-state index in [1.807, 2.05) is 19.2 Å². The summed E-state index contributed by atoms with van der Waals surface area (Å²) in [6.45, 7) is 14.9. The SMILES string of the molecule is CCOc1nc(NC(C)CNN(CC)C2(C)CC(N3CCOCC3)C2)nc2[nH]ccc12. The summed E-state index contributed by atoms with van der Waals surface area (Å²) in [5.74, 6) is 1.20. The van der Waals surface area contributed by atoms with Crippen LogP contribution < -0.4 is 15.5 Å². The molecule has 0 bridgehead atoms. The van der Waals surface area contributed by atoms with Crippen molar-refractivity contribution in [2.45, 2.75) is 58.2 Å². The minimum atomic E-state index is 0.162. The van der Waals surface area contributed by atoms with E-state index in [9.17, 15) is 0 Å². The molecule has 1 saturated carbocycles. The number of hydrazine groups is 1. The number of H-pyrrole nitrogens is 1. The Hall–Kier alpha value is -1.94. The molecule has 0 amide bonds. The van der Waals surface area contributed by atoms with Gasteiger partial charge in [0, 0.05) is 50.0 Å². The van der Waals surface area contributed by atoms with Gasteiger partial charge in [0.15, 0.2) is 0 Å². The fraction of sp³-hybridized carbons (Fsp3) is 0.727. The molecular formula is C22H37N7O2. The Morgan fingerprint density at radius 3 is 2.81 bits per heavy atom. The van der Waals surface area contributed by atoms with Crippen LogP contribution in [0.5, 0.6) is 5.88 Å². The van der Waals surface area contributed by atoms with Crippen molar-refractivity contribution in [2.75, 3.05) is 51.3 Å². The highest BCUT2D eigenvalue weighted by atomic mass is 16.5. The molecule has 1 unspecified atom stereocenters. The van der Waals surface area contributed by atoms with Gasteiger partial charge < -0.3 is 19.8 Å². The first-order valence-electron chi connectivity index (χ1n) is 11.6. The predicted octanol–water partition coefficient (Wildman–Crippen LogP) is 2.24. The summed E-state index contributed by atoms with van der Waals surface area (Å²) in [6, 6.07) is 2.78. The summed E-state index contributed by atoms with van der Waals surface area (Å²) in [4.78, 5) is 14.9. The van der Waals surface area contributed by atoms with Crippen LogP contribution in [0, 0.1) is 0 Å². The van der Waals surface area contributed by atoms with Crippen molar-refractivity contribution in [1.29, 1.82) is 0 Å². The molecule has 0 aromatic carbocycles. The fourth-order valence-electron chi connectivity index (χ4n) is 4.80. The molecule has 3 N–H and O–H groups in total. The summed E-state index contributed by atoms with van der Waals surface area (Å²) in [6.07, 6.45) is 4.25. The monoisotopic (exact) mass is 431 g/mol. The van der Waals surface area contributed by atoms with E-state index in [4.69, 9.17) is 9.47 Å². The van der Waals surface area contributed by atoms with Crippen molar-refractivity contribution >= 4 is 17.0 Å². The number of hydrogen-bond acceptors (Lipinski definition) is 8. The van der Waals surface area contributed by atoms with Crippen LogP contribution in [0.3, 0.4) is 0 Å². The second kappa shape index (κ2) is 9.68. The van der Waals surface area contributed by atoms with E-state index >= 15 is 0 Å². The number of rotatable bonds is 10. The van der Waals surface area contributed by atoms with Crippen LogP contribution in [0.25, 0.3) is 11.0 Å². The molecule has 1 saturated heterocycles. The summed E-state index contributed by atoms with van der Waals surface area (Å²) >= 11 is 0. The van der Waals surface area contributed by atoms with Gasteiger partial charge >= 0.3 is 0 Å². The molecule has 9 heteroatoms. The Balaban J connectivity index is 1.30. The summed E-state index contributed by atoms with van der Waals surface area (Å²) in [5.41, 5.74) is 4.64. The largest absolute Gasteiger partial charge is 0.477 e. The molecular weight excluding hydrogens is 394 g/mol. The van der Waals surface area contributed by atoms with E-state index in [1.54, 1.807) is 0 Å². The number of ether oxygens (including phenoxy) is 2. The van der Waals surface area contributed by atoms with Crippen LogP contribution in [-0.4, -0.2) is 88.5 Å². The minimum Gasteiger partial charge on any atom is -0.477 e. The zero-order valence-corrected chi connectivity index (χ0v) is 19.3. The first kappa shape index (κ1) is 22.3. The van der Waals surface area contributed by atoms with Crippen LogP contribution in [0.1, 0.15) is 40.5 Å². The first-order chi connectivity index (χ1) is 15.0. The lowest BCUT2D eigenvalue weighted by atomic mass is 9.72. The smallest absolute Gasteiger partial charge is 0.228 e. The lowest BCUT2D eigenvalue weighted by molar-refractivity contribution is -0.0858. The lowest BCUT2D eigenvalue weighted by Crippen LogP contribution is -2.66. The molecule has 0 radical (unpaired) electrons. The first-order valence-corrected chi connectivity index (χ1v) is 11.6. The zero-order valence-electron chi connectivity index (χ0n) is 19.3. The summed E-state index contributed by atoms with van der Waals surface area (Å²) < 4.78 is 11.2. The highest BCUT2D eigenvalue weighted by Crippen LogP contribution is 2.39. The van der Waals surface area contributed by atoms with Gasteiger partial charge in [-0.2, -0.15) is 9.97 Å². The van der Waals surface area contributed by atoms with E-state index in [-0.39, 0.29) is 11.6 Å². The summed E-state index contributed by atoms with van der Waals surface area (Å²) in [5, 5.41) is 6.73. The second-order valence-electron chi connectivity index (χ2n) is 8.88. The Bertz CT molecular complexity index is 845. The number of anilines is 1. The Kier molecular flexibility index (Phi) is 6.95. The number of nitrogens with zero attached hydrogens (tertiary/aromatic N) is 4. The third-order valence-corrected chi connectivity index (χ3v) is 6.51. The number of fused-ring (bicyclic) bond motifs is 1. The summed E-state index contributed by atoms with van der Waals surface area (Å²) in [7, 11) is 0. The Morgan fingerprint density at radius 1 is 1.32 bits per heavy atom. The number of aromatic amines is 1. The Morgan fingerprint density at radius 2 is 2.10 bits per heavy atom. The molecule has 2 aliphatic rings. The van der Waals surface area contributed by atoms with E-state index < -0.39 is 0 Å². The van der Waals surface area contributed by atoms with Crippen LogP contribution in [0.4, 0.5) is 5.95 Å². The lowest BCUT2D eigenvalue weighted by Gasteiger charge is -2.55. The maximum absolute atomic E-state index is 5.70. The van der Waals surface area contributed by atoms with Crippen LogP contribution in [0.2, 0.25) is 0 Å². The molecule has 172 valence electrons. The molecule has 31 heavy (non-hydrogen) atoms. The van der Waals surface area contributed by atoms with Gasteiger partial charge in [-0.15, -0.1) is 0 Å². The maximum atomic E-state index is 5.70. The van der Waals surface area contributed by atoms with Gasteiger partial charge in [-0.1, -0.05) is 6.92 Å². The molecule has 2 fully saturated rings. The van der Waals surface area contributed by atoms with Gasteiger partial charge in [0.1, 0.15) is 5.65 Å². The van der Waals surface area contributed by atoms with Gasteiger partial charge in [-0.3, -0.25) is 10.3 Å². The van der Waals surface area contributed by atoms with Crippen molar-refractivity contribution in [1.82, 2.24) is 30.3 Å². The Labute approximate surface area is 184 Å². The number of nitrogens with one attached hydrogen (secondary N) is 3. The number of hydrogen-bond donors (Lipinski definition) is 3. The quantitative estimate of drug-likeness (QED) is 0.494. The van der Waals surface area contributed by atoms with Crippen molar-refractivity contribution in [3.63, 3.8) is 0 Å². The standard InChI is InChI=1S/C22H37N7O2/c1-5-29(22(4)13-17(14-22)28-9-11-30-12-10-28)24-15-16(3)25-21-26-19-18(7-8-23-19)20(27-21)31-6-2/h7-8,16-17,24H,5-6,9-15H2,1-4H3,(H2,23,25,26,27). The second-order valence-corrected chi connectivity index (χ2v) is 8.88. The molecule has 2 aromatic heterocycles. The molecule has 2 aromatic rings. The van der Waals surface area contributed by atoms with Crippen molar-refractivity contribution in [2.24, 2.45) is 0 Å². The number of aromatic nitrogens is 3. The minimum absolute atomic E-state index is 0.162. The molecule has 9 nitrogen and oxygen atoms in total. The van der Waals surface area contributed by atoms with Crippen molar-refractivity contribution in [3.8, 4) is 5.88 Å². The highest BCUT2D eigenvalue weighted by molar-refractivity contribution is 5.81. The van der Waals surface area contributed by atoms with Crippen molar-refractivity contribution < 1.29 is 9.47 Å². The van der Waals surface area contributed by atoms with Crippen LogP contribution in [0.15, 0.2) is 12.3 Å². The van der Waals surface area contributed by atoms with E-state index in [0.717, 1.165) is 50.4 Å². The average molecular weight is 432 g/mol. The molecule has 3 heterocycles.